The molecule has 0 rings (SSSR count). The van der Waals surface area contributed by atoms with E-state index in [1.54, 1.807) is 12.2 Å². The van der Waals surface area contributed by atoms with E-state index in [0.29, 0.717) is 7.18 Å². The summed E-state index contributed by atoms with van der Waals surface area (Å²) < 4.78 is 9.50. The zero-order valence-corrected chi connectivity index (χ0v) is 3.95. The van der Waals surface area contributed by atoms with E-state index < -0.39 is 0 Å². The first kappa shape index (κ1) is 9.05. The monoisotopic (exact) mass is 88.1 g/mol. The van der Waals surface area contributed by atoms with Crippen LogP contribution in [0, 0.1) is 0 Å². The first-order valence-electron chi connectivity index (χ1n) is 1.53. The molecule has 0 nitrogen and oxygen atoms in total. The van der Waals surface area contributed by atoms with Crippen molar-refractivity contribution < 1.29 is 4.39 Å². The highest BCUT2D eigenvalue weighted by molar-refractivity contribution is 4.88. The van der Waals surface area contributed by atoms with Crippen LogP contribution in [0.4, 0.5) is 4.39 Å². The van der Waals surface area contributed by atoms with Crippen molar-refractivity contribution in [2.45, 2.75) is 0 Å². The van der Waals surface area contributed by atoms with Crippen molar-refractivity contribution in [2.75, 3.05) is 7.18 Å². The number of rotatable bonds is 1. The van der Waals surface area contributed by atoms with E-state index in [-0.39, 0.29) is 0 Å². The fourth-order valence-electron chi connectivity index (χ4n) is 0. The Hall–Kier alpha value is -0.590. The third kappa shape index (κ3) is 118. The van der Waals surface area contributed by atoms with Crippen LogP contribution in [0.3, 0.4) is 0 Å². The van der Waals surface area contributed by atoms with Gasteiger partial charge in [-0.15, -0.1) is 0 Å². The molecule has 0 atom stereocenters. The van der Waals surface area contributed by atoms with Crippen LogP contribution in [0.25, 0.3) is 0 Å². The van der Waals surface area contributed by atoms with Gasteiger partial charge in [0.1, 0.15) is 0 Å². The summed E-state index contributed by atoms with van der Waals surface area (Å²) in [4.78, 5) is 0. The van der Waals surface area contributed by atoms with Crippen molar-refractivity contribution in [1.29, 1.82) is 0 Å². The van der Waals surface area contributed by atoms with Gasteiger partial charge < -0.3 is 0 Å². The van der Waals surface area contributed by atoms with Crippen LogP contribution < -0.4 is 0 Å². The van der Waals surface area contributed by atoms with Gasteiger partial charge in [0.15, 0.2) is 0 Å². The second kappa shape index (κ2) is 25.8. The lowest BCUT2D eigenvalue weighted by Crippen LogP contribution is -1.21. The molecule has 0 radical (unpaired) electrons. The van der Waals surface area contributed by atoms with Gasteiger partial charge >= 0.3 is 0 Å². The molecule has 0 spiro atoms. The number of alkyl halides is 1. The highest BCUT2D eigenvalue weighted by Crippen LogP contribution is 1.52. The average Bonchev–Trinajstić information content (AvgIpc) is 1.72. The molecule has 0 unspecified atom stereocenters. The van der Waals surface area contributed by atoms with E-state index in [9.17, 15) is 4.39 Å². The lowest BCUT2D eigenvalue weighted by molar-refractivity contribution is 0.636. The quantitative estimate of drug-likeness (QED) is 0.430. The number of hydrogen-bond donors (Lipinski definition) is 0. The molecule has 0 saturated carbocycles. The predicted molar refractivity (Wildman–Crippen MR) is 27.4 cm³/mol. The van der Waals surface area contributed by atoms with Crippen LogP contribution in [0.5, 0.6) is 0 Å². The Morgan fingerprint density at radius 1 is 1.17 bits per heavy atom. The molecule has 0 aromatic heterocycles. The Morgan fingerprint density at radius 3 is 1.33 bits per heavy atom. The van der Waals surface area contributed by atoms with Crippen molar-refractivity contribution in [3.63, 3.8) is 0 Å². The molecule has 0 heterocycles. The van der Waals surface area contributed by atoms with Gasteiger partial charge in [0.25, 0.3) is 0 Å². The van der Waals surface area contributed by atoms with Crippen LogP contribution in [0.2, 0.25) is 0 Å². The Morgan fingerprint density at radius 2 is 1.33 bits per heavy atom. The molecule has 6 heavy (non-hydrogen) atoms. The first-order valence-corrected chi connectivity index (χ1v) is 1.53. The largest absolute Gasteiger partial charge is 0.255 e. The third-order valence-corrected chi connectivity index (χ3v) is 0.167. The molecular weight excluding hydrogens is 79.1 g/mol. The summed E-state index contributed by atoms with van der Waals surface area (Å²) in [7, 11) is 0.500. The van der Waals surface area contributed by atoms with Gasteiger partial charge in [-0.3, -0.25) is 4.39 Å². The summed E-state index contributed by atoms with van der Waals surface area (Å²) >= 11 is 0. The minimum atomic E-state index is 0.500. The van der Waals surface area contributed by atoms with E-state index in [4.69, 9.17) is 0 Å². The summed E-state index contributed by atoms with van der Waals surface area (Å²) in [6.07, 6.45) is 3.28. The molecule has 0 saturated heterocycles. The van der Waals surface area contributed by atoms with Gasteiger partial charge in [-0.25, -0.2) is 0 Å². The number of allylic oxidation sites excluding steroid dienone is 2. The normalized spacial score (nSPS) is 4.33. The second-order valence-corrected chi connectivity index (χ2v) is 0.471. The molecule has 0 aliphatic rings. The summed E-state index contributed by atoms with van der Waals surface area (Å²) in [6.45, 7) is 6.72. The lowest BCUT2D eigenvalue weighted by Gasteiger charge is -1.44. The van der Waals surface area contributed by atoms with Crippen LogP contribution in [-0.2, 0) is 0 Å². The molecule has 0 aromatic rings. The molecule has 0 aliphatic heterocycles. The van der Waals surface area contributed by atoms with Gasteiger partial charge in [0.2, 0.25) is 0 Å². The summed E-state index contributed by atoms with van der Waals surface area (Å²) in [6, 6.07) is 0. The second-order valence-electron chi connectivity index (χ2n) is 0.471. The maximum Gasteiger partial charge on any atom is 0.0785 e. The molecule has 0 amide bonds. The first-order chi connectivity index (χ1) is 2.91. The smallest absolute Gasteiger partial charge is 0.0785 e. The fraction of sp³-hybridized carbons (Fsp3) is 0.200. The van der Waals surface area contributed by atoms with Gasteiger partial charge in [-0.1, -0.05) is 25.3 Å². The van der Waals surface area contributed by atoms with Crippen LogP contribution in [0.15, 0.2) is 25.3 Å². The van der Waals surface area contributed by atoms with Crippen LogP contribution in [-0.4, -0.2) is 7.18 Å². The highest BCUT2D eigenvalue weighted by atomic mass is 19.1. The Kier molecular flexibility index (Phi) is 38.9. The predicted octanol–water partition coefficient (Wildman–Crippen LogP) is 1.94. The zero-order chi connectivity index (χ0) is 5.41. The van der Waals surface area contributed by atoms with Gasteiger partial charge in [-0.05, 0) is 0 Å². The van der Waals surface area contributed by atoms with Crippen molar-refractivity contribution in [3.05, 3.63) is 25.3 Å². The summed E-state index contributed by atoms with van der Waals surface area (Å²) in [5.41, 5.74) is 0. The van der Waals surface area contributed by atoms with Crippen molar-refractivity contribution in [3.8, 4) is 0 Å². The molecule has 0 fully saturated rings. The van der Waals surface area contributed by atoms with Gasteiger partial charge in [0.05, 0.1) is 7.18 Å². The van der Waals surface area contributed by atoms with E-state index in [0.717, 1.165) is 0 Å². The van der Waals surface area contributed by atoms with Gasteiger partial charge in [-0.2, -0.15) is 0 Å². The van der Waals surface area contributed by atoms with Crippen molar-refractivity contribution >= 4 is 0 Å². The van der Waals surface area contributed by atoms with E-state index in [1.165, 1.54) is 0 Å². The lowest BCUT2D eigenvalue weighted by atomic mass is 10.6. The average molecular weight is 88.1 g/mol. The Balaban J connectivity index is 0. The molecule has 0 aromatic carbocycles. The number of hydrogen-bond acceptors (Lipinski definition) is 0. The Labute approximate surface area is 38.0 Å². The number of halogens is 1. The molecule has 0 bridgehead atoms. The van der Waals surface area contributed by atoms with Crippen molar-refractivity contribution in [2.24, 2.45) is 0 Å². The minimum absolute atomic E-state index is 0.500. The SMILES string of the molecule is C=CC=C.CF. The topological polar surface area (TPSA) is 0 Å². The molecule has 36 valence electrons. The standard InChI is InChI=1S/C4H6.CH3F/c1-3-4-2;1-2/h3-4H,1-2H2;1H3. The zero-order valence-electron chi connectivity index (χ0n) is 3.95. The summed E-state index contributed by atoms with van der Waals surface area (Å²) in [5.74, 6) is 0. The third-order valence-electron chi connectivity index (χ3n) is 0.167. The Bertz CT molecular complexity index is 24.9. The maximum absolute atomic E-state index is 9.50. The maximum atomic E-state index is 9.50. The van der Waals surface area contributed by atoms with E-state index in [2.05, 4.69) is 13.2 Å². The van der Waals surface area contributed by atoms with Crippen molar-refractivity contribution in [1.82, 2.24) is 0 Å². The minimum Gasteiger partial charge on any atom is -0.255 e. The summed E-state index contributed by atoms with van der Waals surface area (Å²) in [5, 5.41) is 0. The molecule has 1 heteroatoms. The molecule has 0 aliphatic carbocycles. The molecular formula is C5H9F. The van der Waals surface area contributed by atoms with E-state index in [1.807, 2.05) is 0 Å². The van der Waals surface area contributed by atoms with Gasteiger partial charge in [0, 0.05) is 0 Å². The van der Waals surface area contributed by atoms with Crippen LogP contribution >= 0.6 is 0 Å². The molecule has 0 N–H and O–H groups in total. The highest BCUT2D eigenvalue weighted by Gasteiger charge is 1.29. The fourth-order valence-corrected chi connectivity index (χ4v) is 0. The van der Waals surface area contributed by atoms with Crippen LogP contribution in [0.1, 0.15) is 0 Å². The van der Waals surface area contributed by atoms with E-state index >= 15 is 0 Å².